The van der Waals surface area contributed by atoms with Crippen LogP contribution in [-0.4, -0.2) is 42.5 Å². The first-order valence-electron chi connectivity index (χ1n) is 6.14. The van der Waals surface area contributed by atoms with E-state index in [0.717, 1.165) is 44.8 Å². The van der Waals surface area contributed by atoms with E-state index >= 15 is 0 Å². The maximum atomic E-state index is 10.7. The average molecular weight is 233 g/mol. The standard InChI is InChI=1S/C13H19N3O/c1-3-12-8-11(2)9-14-13(12)16-6-4-15(10-17)5-7-16/h8-10H,3-7H2,1-2H3. The number of piperazine rings is 1. The Morgan fingerprint density at radius 2 is 2.06 bits per heavy atom. The van der Waals surface area contributed by atoms with Crippen LogP contribution in [-0.2, 0) is 11.2 Å². The van der Waals surface area contributed by atoms with Gasteiger partial charge in [0, 0.05) is 32.4 Å². The second-order valence-electron chi connectivity index (χ2n) is 4.48. The molecule has 1 aliphatic rings. The van der Waals surface area contributed by atoms with Gasteiger partial charge in [-0.15, -0.1) is 0 Å². The number of amides is 1. The molecule has 1 saturated heterocycles. The van der Waals surface area contributed by atoms with Gasteiger partial charge in [-0.3, -0.25) is 4.79 Å². The number of hydrogen-bond donors (Lipinski definition) is 0. The van der Waals surface area contributed by atoms with Crippen molar-refractivity contribution in [1.82, 2.24) is 9.88 Å². The van der Waals surface area contributed by atoms with Gasteiger partial charge in [0.15, 0.2) is 0 Å². The Hall–Kier alpha value is -1.58. The Morgan fingerprint density at radius 3 is 2.65 bits per heavy atom. The Kier molecular flexibility index (Phi) is 3.61. The van der Waals surface area contributed by atoms with Gasteiger partial charge in [0.05, 0.1) is 0 Å². The van der Waals surface area contributed by atoms with Gasteiger partial charge >= 0.3 is 0 Å². The second-order valence-corrected chi connectivity index (χ2v) is 4.48. The molecule has 4 nitrogen and oxygen atoms in total. The average Bonchev–Trinajstić information content (AvgIpc) is 2.39. The van der Waals surface area contributed by atoms with Crippen LogP contribution >= 0.6 is 0 Å². The first-order valence-corrected chi connectivity index (χ1v) is 6.14. The fourth-order valence-electron chi connectivity index (χ4n) is 2.21. The maximum Gasteiger partial charge on any atom is 0.209 e. The second kappa shape index (κ2) is 5.17. The molecule has 0 unspecified atom stereocenters. The molecule has 2 rings (SSSR count). The predicted molar refractivity (Wildman–Crippen MR) is 68.2 cm³/mol. The minimum atomic E-state index is 0.794. The fraction of sp³-hybridized carbons (Fsp3) is 0.538. The minimum Gasteiger partial charge on any atom is -0.353 e. The summed E-state index contributed by atoms with van der Waals surface area (Å²) in [5.41, 5.74) is 2.50. The van der Waals surface area contributed by atoms with Gasteiger partial charge in [-0.05, 0) is 24.5 Å². The van der Waals surface area contributed by atoms with Crippen molar-refractivity contribution in [3.05, 3.63) is 23.4 Å². The molecule has 0 spiro atoms. The third-order valence-corrected chi connectivity index (χ3v) is 3.22. The smallest absolute Gasteiger partial charge is 0.209 e. The van der Waals surface area contributed by atoms with Crippen LogP contribution in [0.5, 0.6) is 0 Å². The molecule has 92 valence electrons. The highest BCUT2D eigenvalue weighted by molar-refractivity contribution is 5.51. The lowest BCUT2D eigenvalue weighted by Gasteiger charge is -2.34. The molecule has 1 aromatic heterocycles. The van der Waals surface area contributed by atoms with E-state index in [9.17, 15) is 4.79 Å². The number of hydrogen-bond acceptors (Lipinski definition) is 3. The number of aryl methyl sites for hydroxylation is 2. The molecule has 1 amide bonds. The molecule has 0 aliphatic carbocycles. The Labute approximate surface area is 102 Å². The summed E-state index contributed by atoms with van der Waals surface area (Å²) in [4.78, 5) is 19.3. The molecule has 1 fully saturated rings. The summed E-state index contributed by atoms with van der Waals surface area (Å²) < 4.78 is 0. The highest BCUT2D eigenvalue weighted by Gasteiger charge is 2.18. The third-order valence-electron chi connectivity index (χ3n) is 3.22. The minimum absolute atomic E-state index is 0.794. The van der Waals surface area contributed by atoms with E-state index in [2.05, 4.69) is 29.8 Å². The number of aromatic nitrogens is 1. The highest BCUT2D eigenvalue weighted by Crippen LogP contribution is 2.20. The number of rotatable bonds is 3. The maximum absolute atomic E-state index is 10.7. The summed E-state index contributed by atoms with van der Waals surface area (Å²) >= 11 is 0. The monoisotopic (exact) mass is 233 g/mol. The molecule has 0 atom stereocenters. The number of anilines is 1. The molecule has 2 heterocycles. The van der Waals surface area contributed by atoms with E-state index in [0.29, 0.717) is 0 Å². The molecular weight excluding hydrogens is 214 g/mol. The molecule has 4 heteroatoms. The summed E-state index contributed by atoms with van der Waals surface area (Å²) in [6.07, 6.45) is 3.85. The summed E-state index contributed by atoms with van der Waals surface area (Å²) in [7, 11) is 0. The molecule has 0 bridgehead atoms. The van der Waals surface area contributed by atoms with Crippen molar-refractivity contribution in [3.8, 4) is 0 Å². The van der Waals surface area contributed by atoms with Crippen molar-refractivity contribution >= 4 is 12.2 Å². The number of nitrogens with zero attached hydrogens (tertiary/aromatic N) is 3. The lowest BCUT2D eigenvalue weighted by atomic mass is 10.1. The molecule has 1 aromatic rings. The SMILES string of the molecule is CCc1cc(C)cnc1N1CCN(C=O)CC1. The van der Waals surface area contributed by atoms with Gasteiger partial charge in [0.2, 0.25) is 6.41 Å². The molecular formula is C13H19N3O. The van der Waals surface area contributed by atoms with Gasteiger partial charge in [0.1, 0.15) is 5.82 Å². The van der Waals surface area contributed by atoms with Crippen molar-refractivity contribution in [2.45, 2.75) is 20.3 Å². The number of carbonyl (C=O) groups is 1. The molecule has 1 aliphatic heterocycles. The fourth-order valence-corrected chi connectivity index (χ4v) is 2.21. The molecule has 17 heavy (non-hydrogen) atoms. The normalized spacial score (nSPS) is 16.1. The number of carbonyl (C=O) groups excluding carboxylic acids is 1. The van der Waals surface area contributed by atoms with Crippen LogP contribution in [0.25, 0.3) is 0 Å². The van der Waals surface area contributed by atoms with E-state index in [1.54, 1.807) is 0 Å². The van der Waals surface area contributed by atoms with E-state index in [1.165, 1.54) is 11.1 Å². The van der Waals surface area contributed by atoms with Crippen molar-refractivity contribution < 1.29 is 4.79 Å². The van der Waals surface area contributed by atoms with Crippen LogP contribution in [0.4, 0.5) is 5.82 Å². The summed E-state index contributed by atoms with van der Waals surface area (Å²) in [6, 6.07) is 2.20. The zero-order valence-electron chi connectivity index (χ0n) is 10.5. The van der Waals surface area contributed by atoms with Crippen molar-refractivity contribution in [2.24, 2.45) is 0 Å². The zero-order valence-corrected chi connectivity index (χ0v) is 10.5. The summed E-state index contributed by atoms with van der Waals surface area (Å²) in [6.45, 7) is 7.57. The molecule has 0 radical (unpaired) electrons. The van der Waals surface area contributed by atoms with E-state index in [1.807, 2.05) is 11.1 Å². The molecule has 0 saturated carbocycles. The Bertz CT molecular complexity index is 398. The highest BCUT2D eigenvalue weighted by atomic mass is 16.1. The lowest BCUT2D eigenvalue weighted by molar-refractivity contribution is -0.118. The topological polar surface area (TPSA) is 36.4 Å². The predicted octanol–water partition coefficient (Wildman–Crippen LogP) is 1.23. The summed E-state index contributed by atoms with van der Waals surface area (Å²) in [5, 5.41) is 0. The molecule has 0 N–H and O–H groups in total. The van der Waals surface area contributed by atoms with Crippen molar-refractivity contribution in [1.29, 1.82) is 0 Å². The van der Waals surface area contributed by atoms with Crippen LogP contribution in [0.2, 0.25) is 0 Å². The van der Waals surface area contributed by atoms with E-state index in [-0.39, 0.29) is 0 Å². The van der Waals surface area contributed by atoms with Gasteiger partial charge in [-0.2, -0.15) is 0 Å². The largest absolute Gasteiger partial charge is 0.353 e. The van der Waals surface area contributed by atoms with Gasteiger partial charge < -0.3 is 9.80 Å². The van der Waals surface area contributed by atoms with Crippen LogP contribution < -0.4 is 4.90 Å². The van der Waals surface area contributed by atoms with Gasteiger partial charge in [0.25, 0.3) is 0 Å². The van der Waals surface area contributed by atoms with Crippen LogP contribution in [0.1, 0.15) is 18.1 Å². The lowest BCUT2D eigenvalue weighted by Crippen LogP contribution is -2.46. The van der Waals surface area contributed by atoms with E-state index in [4.69, 9.17) is 0 Å². The number of pyridine rings is 1. The Balaban J connectivity index is 2.15. The van der Waals surface area contributed by atoms with Crippen molar-refractivity contribution in [3.63, 3.8) is 0 Å². The molecule has 0 aromatic carbocycles. The quantitative estimate of drug-likeness (QED) is 0.737. The summed E-state index contributed by atoms with van der Waals surface area (Å²) in [5.74, 6) is 1.09. The Morgan fingerprint density at radius 1 is 1.35 bits per heavy atom. The first kappa shape index (κ1) is 11.9. The zero-order chi connectivity index (χ0) is 12.3. The van der Waals surface area contributed by atoms with Crippen LogP contribution in [0.3, 0.4) is 0 Å². The van der Waals surface area contributed by atoms with E-state index < -0.39 is 0 Å². The van der Waals surface area contributed by atoms with Crippen LogP contribution in [0, 0.1) is 6.92 Å². The van der Waals surface area contributed by atoms with Crippen molar-refractivity contribution in [2.75, 3.05) is 31.1 Å². The van der Waals surface area contributed by atoms with Gasteiger partial charge in [-0.25, -0.2) is 4.98 Å². The van der Waals surface area contributed by atoms with Gasteiger partial charge in [-0.1, -0.05) is 13.0 Å². The van der Waals surface area contributed by atoms with Crippen LogP contribution in [0.15, 0.2) is 12.3 Å². The third kappa shape index (κ3) is 2.57. The first-order chi connectivity index (χ1) is 8.24.